The second-order valence-electron chi connectivity index (χ2n) is 7.93. The number of thioether (sulfide) groups is 1. The highest BCUT2D eigenvalue weighted by Gasteiger charge is 2.32. The lowest BCUT2D eigenvalue weighted by Crippen LogP contribution is -2.29. The van der Waals surface area contributed by atoms with Crippen LogP contribution in [0, 0.1) is 0 Å². The number of para-hydroxylation sites is 2. The van der Waals surface area contributed by atoms with Crippen molar-refractivity contribution >= 4 is 80.7 Å². The van der Waals surface area contributed by atoms with Crippen LogP contribution in [0.2, 0.25) is 0 Å². The van der Waals surface area contributed by atoms with E-state index in [1.54, 1.807) is 28.0 Å². The molecular formula is C26H22N2O2S4. The Morgan fingerprint density at radius 3 is 2.26 bits per heavy atom. The number of hydrogen-bond donors (Lipinski definition) is 0. The number of nitrogens with zero attached hydrogens (tertiary/aromatic N) is 2. The van der Waals surface area contributed by atoms with Gasteiger partial charge in [0.1, 0.15) is 4.32 Å². The second kappa shape index (κ2) is 10.5. The summed E-state index contributed by atoms with van der Waals surface area (Å²) in [6.07, 6.45) is 4.82. The highest BCUT2D eigenvalue weighted by atomic mass is 32.2. The molecule has 8 heteroatoms. The van der Waals surface area contributed by atoms with Crippen LogP contribution < -0.4 is 4.90 Å². The molecule has 2 aliphatic rings. The zero-order valence-electron chi connectivity index (χ0n) is 18.3. The summed E-state index contributed by atoms with van der Waals surface area (Å²) in [5, 5.41) is 1.99. The molecular weight excluding hydrogens is 501 g/mol. The van der Waals surface area contributed by atoms with E-state index in [4.69, 9.17) is 12.2 Å². The maximum atomic E-state index is 13.3. The van der Waals surface area contributed by atoms with Crippen molar-refractivity contribution in [2.75, 3.05) is 11.4 Å². The summed E-state index contributed by atoms with van der Waals surface area (Å²) < 4.78 is 0.614. The number of amides is 2. The van der Waals surface area contributed by atoms with Gasteiger partial charge in [-0.2, -0.15) is 0 Å². The Morgan fingerprint density at radius 2 is 1.59 bits per heavy atom. The van der Waals surface area contributed by atoms with Crippen LogP contribution >= 0.6 is 47.1 Å². The van der Waals surface area contributed by atoms with E-state index in [9.17, 15) is 9.59 Å². The van der Waals surface area contributed by atoms with Gasteiger partial charge in [-0.15, -0.1) is 11.3 Å². The Balaban J connectivity index is 1.16. The van der Waals surface area contributed by atoms with Crippen LogP contribution in [0.4, 0.5) is 11.4 Å². The molecule has 3 heterocycles. The van der Waals surface area contributed by atoms with Gasteiger partial charge in [0.05, 0.1) is 16.3 Å². The average Bonchev–Trinajstić information content (AvgIpc) is 3.45. The molecule has 1 fully saturated rings. The minimum Gasteiger partial charge on any atom is -0.293 e. The van der Waals surface area contributed by atoms with Gasteiger partial charge in [0.15, 0.2) is 0 Å². The third-order valence-corrected chi connectivity index (χ3v) is 8.97. The van der Waals surface area contributed by atoms with Crippen molar-refractivity contribution in [2.24, 2.45) is 0 Å². The molecule has 0 N–H and O–H groups in total. The summed E-state index contributed by atoms with van der Waals surface area (Å²) in [5.41, 5.74) is 1.90. The van der Waals surface area contributed by atoms with Crippen LogP contribution in [-0.2, 0) is 9.59 Å². The van der Waals surface area contributed by atoms with E-state index >= 15 is 0 Å². The number of thiophene rings is 1. The fraction of sp³-hybridized carbons (Fsp3) is 0.192. The maximum absolute atomic E-state index is 13.3. The van der Waals surface area contributed by atoms with E-state index in [0.29, 0.717) is 22.2 Å². The Bertz CT molecular complexity index is 1220. The van der Waals surface area contributed by atoms with Gasteiger partial charge < -0.3 is 0 Å². The number of fused-ring (bicyclic) bond motifs is 2. The minimum absolute atomic E-state index is 0.0153. The van der Waals surface area contributed by atoms with Gasteiger partial charge >= 0.3 is 0 Å². The molecule has 1 saturated heterocycles. The monoisotopic (exact) mass is 522 g/mol. The molecule has 0 atom stereocenters. The van der Waals surface area contributed by atoms with Crippen LogP contribution in [-0.4, -0.2) is 27.6 Å². The van der Waals surface area contributed by atoms with Crippen molar-refractivity contribution in [1.82, 2.24) is 4.90 Å². The number of anilines is 2. The molecule has 1 aromatic heterocycles. The summed E-state index contributed by atoms with van der Waals surface area (Å²) in [4.78, 5) is 33.5. The zero-order valence-corrected chi connectivity index (χ0v) is 21.6. The van der Waals surface area contributed by atoms with E-state index in [-0.39, 0.29) is 11.8 Å². The molecule has 0 unspecified atom stereocenters. The van der Waals surface area contributed by atoms with Gasteiger partial charge in [0, 0.05) is 27.6 Å². The number of unbranched alkanes of at least 4 members (excludes halogenated alkanes) is 2. The molecule has 2 aliphatic heterocycles. The lowest BCUT2D eigenvalue weighted by Gasteiger charge is -2.31. The third kappa shape index (κ3) is 4.86. The molecule has 0 aliphatic carbocycles. The number of thiocarbonyl (C=S) groups is 1. The number of carbonyl (C=O) groups is 2. The van der Waals surface area contributed by atoms with Gasteiger partial charge in [-0.3, -0.25) is 19.4 Å². The lowest BCUT2D eigenvalue weighted by atomic mass is 10.1. The molecule has 2 aromatic carbocycles. The molecule has 0 radical (unpaired) electrons. The fourth-order valence-corrected chi connectivity index (χ4v) is 7.09. The Labute approximate surface area is 217 Å². The van der Waals surface area contributed by atoms with Gasteiger partial charge in [-0.25, -0.2) is 0 Å². The van der Waals surface area contributed by atoms with Crippen LogP contribution in [0.1, 0.15) is 30.6 Å². The van der Waals surface area contributed by atoms with Crippen LogP contribution in [0.3, 0.4) is 0 Å². The molecule has 4 nitrogen and oxygen atoms in total. The molecule has 0 saturated carbocycles. The van der Waals surface area contributed by atoms with Crippen molar-refractivity contribution in [3.8, 4) is 0 Å². The summed E-state index contributed by atoms with van der Waals surface area (Å²) >= 11 is 10.1. The van der Waals surface area contributed by atoms with E-state index in [1.807, 2.05) is 64.9 Å². The van der Waals surface area contributed by atoms with E-state index in [0.717, 1.165) is 45.3 Å². The first-order valence-corrected chi connectivity index (χ1v) is 14.0. The van der Waals surface area contributed by atoms with Crippen LogP contribution in [0.5, 0.6) is 0 Å². The first-order valence-electron chi connectivity index (χ1n) is 11.1. The number of hydrogen-bond acceptors (Lipinski definition) is 6. The van der Waals surface area contributed by atoms with E-state index in [2.05, 4.69) is 12.1 Å². The fourth-order valence-electron chi connectivity index (χ4n) is 4.00. The minimum atomic E-state index is -0.0153. The second-order valence-corrected chi connectivity index (χ2v) is 11.7. The van der Waals surface area contributed by atoms with E-state index in [1.165, 1.54) is 11.8 Å². The van der Waals surface area contributed by atoms with Crippen molar-refractivity contribution in [1.29, 1.82) is 0 Å². The Hall–Kier alpha value is -2.39. The molecule has 2 amide bonds. The van der Waals surface area contributed by atoms with Crippen molar-refractivity contribution in [2.45, 2.75) is 35.5 Å². The predicted molar refractivity (Wildman–Crippen MR) is 147 cm³/mol. The molecule has 0 spiro atoms. The summed E-state index contributed by atoms with van der Waals surface area (Å²) in [6, 6.07) is 20.1. The zero-order chi connectivity index (χ0) is 23.5. The predicted octanol–water partition coefficient (Wildman–Crippen LogP) is 7.34. The molecule has 34 heavy (non-hydrogen) atoms. The average molecular weight is 523 g/mol. The Kier molecular flexibility index (Phi) is 7.20. The normalized spacial score (nSPS) is 16.2. The highest BCUT2D eigenvalue weighted by Crippen LogP contribution is 2.48. The molecule has 172 valence electrons. The van der Waals surface area contributed by atoms with E-state index < -0.39 is 0 Å². The molecule has 5 rings (SSSR count). The summed E-state index contributed by atoms with van der Waals surface area (Å²) in [5.74, 6) is 0.0863. The number of benzene rings is 2. The standard InChI is InChI=1S/C26H22N2O2S4/c29-24(28-19-10-3-5-12-21(19)33-22-13-6-4-11-20(22)28)14-2-1-7-15-27-25(30)23(34-26(27)31)17-18-9-8-16-32-18/h3-6,8-13,16-17H,1-2,7,14-15H2/b23-17+. The third-order valence-electron chi connectivity index (χ3n) is 5.64. The van der Waals surface area contributed by atoms with Crippen LogP contribution in [0.15, 0.2) is 80.7 Å². The highest BCUT2D eigenvalue weighted by molar-refractivity contribution is 8.26. The summed E-state index contributed by atoms with van der Waals surface area (Å²) in [7, 11) is 0. The van der Waals surface area contributed by atoms with Gasteiger partial charge in [-0.05, 0) is 54.6 Å². The quantitative estimate of drug-likeness (QED) is 0.184. The lowest BCUT2D eigenvalue weighted by molar-refractivity contribution is -0.122. The molecule has 0 bridgehead atoms. The topological polar surface area (TPSA) is 40.6 Å². The van der Waals surface area contributed by atoms with Gasteiger partial charge in [0.25, 0.3) is 5.91 Å². The van der Waals surface area contributed by atoms with Crippen molar-refractivity contribution < 1.29 is 9.59 Å². The SMILES string of the molecule is O=C1/C(=C\c2cccs2)SC(=S)N1CCCCCC(=O)N1c2ccccc2Sc2ccccc21. The molecule has 3 aromatic rings. The van der Waals surface area contributed by atoms with Crippen LogP contribution in [0.25, 0.3) is 6.08 Å². The van der Waals surface area contributed by atoms with Gasteiger partial charge in [-0.1, -0.05) is 72.5 Å². The smallest absolute Gasteiger partial charge is 0.266 e. The Morgan fingerprint density at radius 1 is 0.882 bits per heavy atom. The number of rotatable bonds is 7. The van der Waals surface area contributed by atoms with Crippen molar-refractivity contribution in [3.05, 3.63) is 75.8 Å². The first-order chi connectivity index (χ1) is 16.6. The largest absolute Gasteiger partial charge is 0.293 e. The summed E-state index contributed by atoms with van der Waals surface area (Å²) in [6.45, 7) is 0.590. The van der Waals surface area contributed by atoms with Crippen molar-refractivity contribution in [3.63, 3.8) is 0 Å². The maximum Gasteiger partial charge on any atom is 0.266 e. The first kappa shape index (κ1) is 23.4. The van der Waals surface area contributed by atoms with Gasteiger partial charge in [0.2, 0.25) is 5.91 Å². The number of carbonyl (C=O) groups excluding carboxylic acids is 2.